The number of rotatable bonds is 6. The number of anilines is 1. The molecule has 3 aromatic rings. The van der Waals surface area contributed by atoms with Gasteiger partial charge in [0.15, 0.2) is 5.82 Å². The molecule has 178 valence electrons. The average molecular weight is 461 g/mol. The number of nitrogens with zero attached hydrogens (tertiary/aromatic N) is 6. The molecule has 2 aromatic heterocycles. The van der Waals surface area contributed by atoms with Crippen molar-refractivity contribution in [1.29, 1.82) is 5.26 Å². The Morgan fingerprint density at radius 1 is 1.15 bits per heavy atom. The Morgan fingerprint density at radius 3 is 2.50 bits per heavy atom. The third kappa shape index (κ3) is 4.24. The highest BCUT2D eigenvalue weighted by Crippen LogP contribution is 2.34. The van der Waals surface area contributed by atoms with Crippen LogP contribution in [-0.2, 0) is 7.05 Å². The molecule has 1 unspecified atom stereocenters. The SMILES string of the molecule is CCC(c1ccc(OC)cc1)N1C[C@H](C)N(c2nc(=O)n(C)c3ccc(C#N)nc23)C[C@@H]1CC. The summed E-state index contributed by atoms with van der Waals surface area (Å²) in [5.41, 5.74) is 2.55. The summed E-state index contributed by atoms with van der Waals surface area (Å²) in [5.74, 6) is 1.43. The fourth-order valence-electron chi connectivity index (χ4n) is 5.06. The Hall–Kier alpha value is -3.44. The van der Waals surface area contributed by atoms with Gasteiger partial charge in [-0.15, -0.1) is 0 Å². The van der Waals surface area contributed by atoms with Crippen LogP contribution in [0.2, 0.25) is 0 Å². The highest BCUT2D eigenvalue weighted by atomic mass is 16.5. The summed E-state index contributed by atoms with van der Waals surface area (Å²) in [5, 5.41) is 9.39. The number of benzene rings is 1. The van der Waals surface area contributed by atoms with E-state index in [1.807, 2.05) is 12.1 Å². The second-order valence-corrected chi connectivity index (χ2v) is 8.91. The summed E-state index contributed by atoms with van der Waals surface area (Å²) in [6, 6.07) is 14.6. The first kappa shape index (κ1) is 23.7. The van der Waals surface area contributed by atoms with Crippen LogP contribution in [0.3, 0.4) is 0 Å². The van der Waals surface area contributed by atoms with Crippen LogP contribution in [0.1, 0.15) is 50.9 Å². The molecule has 3 heterocycles. The van der Waals surface area contributed by atoms with Gasteiger partial charge in [-0.3, -0.25) is 9.47 Å². The minimum atomic E-state index is -0.318. The highest BCUT2D eigenvalue weighted by molar-refractivity contribution is 5.86. The van der Waals surface area contributed by atoms with E-state index >= 15 is 0 Å². The molecule has 0 bridgehead atoms. The van der Waals surface area contributed by atoms with Crippen molar-refractivity contribution >= 4 is 16.9 Å². The quantitative estimate of drug-likeness (QED) is 0.555. The Balaban J connectivity index is 1.71. The van der Waals surface area contributed by atoms with Gasteiger partial charge in [-0.2, -0.15) is 10.2 Å². The molecule has 0 radical (unpaired) electrons. The number of piperazine rings is 1. The standard InChI is InChI=1S/C26H32N6O2/c1-6-20-16-31(25-24-23(30(4)26(33)29-25)13-10-19(14-27)28-24)17(3)15-32(20)22(7-2)18-8-11-21(34-5)12-9-18/h8-13,17,20,22H,6-7,15-16H2,1-5H3/t17-,20-,22?/m0/s1. The smallest absolute Gasteiger partial charge is 0.349 e. The molecule has 1 aliphatic heterocycles. The molecule has 1 fully saturated rings. The summed E-state index contributed by atoms with van der Waals surface area (Å²) < 4.78 is 6.83. The highest BCUT2D eigenvalue weighted by Gasteiger charge is 2.36. The number of methoxy groups -OCH3 is 1. The lowest BCUT2D eigenvalue weighted by molar-refractivity contribution is 0.0939. The minimum absolute atomic E-state index is 0.116. The molecule has 1 aliphatic rings. The maximum atomic E-state index is 12.7. The molecule has 0 aliphatic carbocycles. The average Bonchev–Trinajstić information content (AvgIpc) is 2.87. The Kier molecular flexibility index (Phi) is 6.85. The number of hydrogen-bond donors (Lipinski definition) is 0. The number of ether oxygens (including phenoxy) is 1. The van der Waals surface area contributed by atoms with Gasteiger partial charge in [0.2, 0.25) is 0 Å². The van der Waals surface area contributed by atoms with Crippen molar-refractivity contribution in [3.63, 3.8) is 0 Å². The molecule has 8 heteroatoms. The number of nitriles is 1. The molecule has 0 N–H and O–H groups in total. The van der Waals surface area contributed by atoms with Crippen molar-refractivity contribution < 1.29 is 4.74 Å². The van der Waals surface area contributed by atoms with E-state index in [0.29, 0.717) is 22.5 Å². The Bertz CT molecular complexity index is 1260. The van der Waals surface area contributed by atoms with Gasteiger partial charge in [0.05, 0.1) is 12.6 Å². The largest absolute Gasteiger partial charge is 0.497 e. The van der Waals surface area contributed by atoms with Crippen molar-refractivity contribution in [3.8, 4) is 11.8 Å². The van der Waals surface area contributed by atoms with Crippen LogP contribution in [-0.4, -0.2) is 51.7 Å². The van der Waals surface area contributed by atoms with Gasteiger partial charge >= 0.3 is 5.69 Å². The molecule has 34 heavy (non-hydrogen) atoms. The molecule has 1 aromatic carbocycles. The number of hydrogen-bond acceptors (Lipinski definition) is 7. The monoisotopic (exact) mass is 460 g/mol. The van der Waals surface area contributed by atoms with Crippen LogP contribution < -0.4 is 15.3 Å². The first-order valence-corrected chi connectivity index (χ1v) is 11.9. The van der Waals surface area contributed by atoms with Crippen molar-refractivity contribution in [2.75, 3.05) is 25.1 Å². The van der Waals surface area contributed by atoms with Gasteiger partial charge in [-0.05, 0) is 49.6 Å². The lowest BCUT2D eigenvalue weighted by Crippen LogP contribution is -2.58. The van der Waals surface area contributed by atoms with E-state index in [9.17, 15) is 10.1 Å². The zero-order valence-electron chi connectivity index (χ0n) is 20.5. The van der Waals surface area contributed by atoms with Gasteiger partial charge < -0.3 is 9.64 Å². The summed E-state index contributed by atoms with van der Waals surface area (Å²) in [7, 11) is 3.37. The zero-order valence-corrected chi connectivity index (χ0v) is 20.5. The van der Waals surface area contributed by atoms with E-state index in [0.717, 1.165) is 31.7 Å². The van der Waals surface area contributed by atoms with Crippen LogP contribution in [0.15, 0.2) is 41.2 Å². The van der Waals surface area contributed by atoms with Crippen molar-refractivity contribution in [2.24, 2.45) is 7.05 Å². The summed E-state index contributed by atoms with van der Waals surface area (Å²) in [4.78, 5) is 26.4. The van der Waals surface area contributed by atoms with E-state index in [1.54, 1.807) is 26.3 Å². The fourth-order valence-corrected chi connectivity index (χ4v) is 5.06. The molecule has 8 nitrogen and oxygen atoms in total. The van der Waals surface area contributed by atoms with Crippen LogP contribution >= 0.6 is 0 Å². The second kappa shape index (κ2) is 9.82. The van der Waals surface area contributed by atoms with Gasteiger partial charge in [-0.1, -0.05) is 26.0 Å². The lowest BCUT2D eigenvalue weighted by Gasteiger charge is -2.49. The van der Waals surface area contributed by atoms with Crippen molar-refractivity contribution in [3.05, 3.63) is 58.1 Å². The van der Waals surface area contributed by atoms with Gasteiger partial charge in [-0.25, -0.2) is 9.78 Å². The maximum absolute atomic E-state index is 12.7. The molecule has 3 atom stereocenters. The summed E-state index contributed by atoms with van der Waals surface area (Å²) >= 11 is 0. The van der Waals surface area contributed by atoms with Crippen LogP contribution in [0.5, 0.6) is 5.75 Å². The van der Waals surface area contributed by atoms with Crippen molar-refractivity contribution in [1.82, 2.24) is 19.4 Å². The Morgan fingerprint density at radius 2 is 1.88 bits per heavy atom. The molecule has 1 saturated heterocycles. The van der Waals surface area contributed by atoms with E-state index in [-0.39, 0.29) is 23.8 Å². The van der Waals surface area contributed by atoms with Gasteiger partial charge in [0, 0.05) is 38.3 Å². The molecular weight excluding hydrogens is 428 g/mol. The topological polar surface area (TPSA) is 87.3 Å². The summed E-state index contributed by atoms with van der Waals surface area (Å²) in [6.07, 6.45) is 1.96. The third-order valence-corrected chi connectivity index (χ3v) is 6.96. The van der Waals surface area contributed by atoms with E-state index < -0.39 is 0 Å². The molecule has 4 rings (SSSR count). The number of aryl methyl sites for hydroxylation is 1. The predicted molar refractivity (Wildman–Crippen MR) is 133 cm³/mol. The number of aromatic nitrogens is 3. The van der Waals surface area contributed by atoms with Gasteiger partial charge in [0.25, 0.3) is 0 Å². The van der Waals surface area contributed by atoms with Crippen LogP contribution in [0, 0.1) is 11.3 Å². The maximum Gasteiger partial charge on any atom is 0.349 e. The van der Waals surface area contributed by atoms with Crippen LogP contribution in [0.4, 0.5) is 5.82 Å². The second-order valence-electron chi connectivity index (χ2n) is 8.91. The first-order valence-electron chi connectivity index (χ1n) is 11.9. The molecule has 0 spiro atoms. The predicted octanol–water partition coefficient (Wildman–Crippen LogP) is 3.65. The number of fused-ring (bicyclic) bond motifs is 1. The fraction of sp³-hybridized carbons (Fsp3) is 0.462. The lowest BCUT2D eigenvalue weighted by atomic mass is 9.96. The Labute approximate surface area is 200 Å². The number of pyridine rings is 1. The van der Waals surface area contributed by atoms with Crippen LogP contribution in [0.25, 0.3) is 11.0 Å². The molecule has 0 saturated carbocycles. The molecule has 0 amide bonds. The van der Waals surface area contributed by atoms with E-state index in [4.69, 9.17) is 4.74 Å². The third-order valence-electron chi connectivity index (χ3n) is 6.96. The van der Waals surface area contributed by atoms with E-state index in [2.05, 4.69) is 58.7 Å². The van der Waals surface area contributed by atoms with Crippen molar-refractivity contribution in [2.45, 2.75) is 51.7 Å². The summed E-state index contributed by atoms with van der Waals surface area (Å²) in [6.45, 7) is 8.16. The normalized spacial score (nSPS) is 19.7. The zero-order chi connectivity index (χ0) is 24.4. The molecular formula is C26H32N6O2. The van der Waals surface area contributed by atoms with Gasteiger partial charge in [0.1, 0.15) is 23.0 Å². The van der Waals surface area contributed by atoms with E-state index in [1.165, 1.54) is 10.1 Å². The minimum Gasteiger partial charge on any atom is -0.497 e. The first-order chi connectivity index (χ1) is 16.4.